The van der Waals surface area contributed by atoms with Gasteiger partial charge in [-0.05, 0) is 13.0 Å². The predicted molar refractivity (Wildman–Crippen MR) is 60.3 cm³/mol. The van der Waals surface area contributed by atoms with Crippen LogP contribution in [0.1, 0.15) is 6.42 Å². The number of β-amino-alcohol motifs (C(OH)–C–C–N with tert-alkyl or cyclic N) is 1. The van der Waals surface area contributed by atoms with Crippen molar-refractivity contribution in [3.8, 4) is 0 Å². The van der Waals surface area contributed by atoms with Gasteiger partial charge >= 0.3 is 0 Å². The molecule has 84 valence electrons. The van der Waals surface area contributed by atoms with E-state index in [1.165, 1.54) is 0 Å². The molecule has 1 aromatic heterocycles. The second-order valence-corrected chi connectivity index (χ2v) is 4.44. The van der Waals surface area contributed by atoms with Crippen LogP contribution in [-0.2, 0) is 0 Å². The monoisotopic (exact) mass is 228 g/mol. The van der Waals surface area contributed by atoms with Crippen LogP contribution < -0.4 is 4.90 Å². The van der Waals surface area contributed by atoms with Crippen molar-refractivity contribution in [1.82, 2.24) is 15.1 Å². The number of nitrogens with zero attached hydrogens (tertiary/aromatic N) is 4. The van der Waals surface area contributed by atoms with E-state index in [1.807, 2.05) is 0 Å². The first-order valence-corrected chi connectivity index (χ1v) is 6.12. The Kier molecular flexibility index (Phi) is 3.87. The molecule has 0 bridgehead atoms. The fourth-order valence-corrected chi connectivity index (χ4v) is 2.45. The summed E-state index contributed by atoms with van der Waals surface area (Å²) in [4.78, 5) is 4.57. The molecule has 0 amide bonds. The molecular weight excluding hydrogens is 212 g/mol. The first-order chi connectivity index (χ1) is 7.40. The molecule has 1 fully saturated rings. The fourth-order valence-electron chi connectivity index (χ4n) is 1.83. The molecule has 15 heavy (non-hydrogen) atoms. The molecule has 5 nitrogen and oxygen atoms in total. The van der Waals surface area contributed by atoms with E-state index in [1.54, 1.807) is 16.8 Å². The highest BCUT2D eigenvalue weighted by atomic mass is 32.1. The summed E-state index contributed by atoms with van der Waals surface area (Å²) in [6.45, 7) is 5.12. The minimum absolute atomic E-state index is 0.249. The van der Waals surface area contributed by atoms with Gasteiger partial charge in [0.15, 0.2) is 0 Å². The Morgan fingerprint density at radius 3 is 3.00 bits per heavy atom. The number of aliphatic hydroxyl groups excluding tert-OH is 1. The summed E-state index contributed by atoms with van der Waals surface area (Å²) < 4.78 is 0. The molecule has 1 aliphatic rings. The van der Waals surface area contributed by atoms with E-state index in [0.29, 0.717) is 0 Å². The van der Waals surface area contributed by atoms with E-state index in [0.717, 1.165) is 44.3 Å². The Hall–Kier alpha value is -0.720. The largest absolute Gasteiger partial charge is 0.395 e. The van der Waals surface area contributed by atoms with Gasteiger partial charge in [0.25, 0.3) is 0 Å². The summed E-state index contributed by atoms with van der Waals surface area (Å²) >= 11 is 1.59. The molecule has 1 aliphatic heterocycles. The summed E-state index contributed by atoms with van der Waals surface area (Å²) in [5.41, 5.74) is 1.77. The predicted octanol–water partition coefficient (Wildman–Crippen LogP) is 0.0425. The second-order valence-electron chi connectivity index (χ2n) is 3.63. The van der Waals surface area contributed by atoms with Crippen molar-refractivity contribution < 1.29 is 5.11 Å². The first-order valence-electron chi connectivity index (χ1n) is 5.24. The molecule has 0 aliphatic carbocycles. The summed E-state index contributed by atoms with van der Waals surface area (Å²) in [5.74, 6) is 0. The highest BCUT2D eigenvalue weighted by Crippen LogP contribution is 2.17. The lowest BCUT2D eigenvalue weighted by Gasteiger charge is -2.20. The van der Waals surface area contributed by atoms with Crippen LogP contribution in [0.25, 0.3) is 0 Å². The molecule has 0 atom stereocenters. The van der Waals surface area contributed by atoms with Crippen molar-refractivity contribution in [2.45, 2.75) is 6.42 Å². The van der Waals surface area contributed by atoms with Crippen LogP contribution in [0.15, 0.2) is 5.51 Å². The van der Waals surface area contributed by atoms with Gasteiger partial charge in [0, 0.05) is 26.2 Å². The maximum atomic E-state index is 8.88. The van der Waals surface area contributed by atoms with Crippen LogP contribution in [-0.4, -0.2) is 59.5 Å². The normalized spacial score (nSPS) is 19.1. The standard InChI is InChI=1S/C9H16N4OS/c14-7-6-12-2-1-3-13(5-4-12)9-11-10-8-15-9/h8,14H,1-7H2. The van der Waals surface area contributed by atoms with Gasteiger partial charge < -0.3 is 10.0 Å². The van der Waals surface area contributed by atoms with Crippen LogP contribution in [0.4, 0.5) is 5.13 Å². The molecule has 0 saturated carbocycles. The van der Waals surface area contributed by atoms with E-state index in [4.69, 9.17) is 5.11 Å². The molecule has 0 radical (unpaired) electrons. The number of hydrogen-bond donors (Lipinski definition) is 1. The molecule has 1 saturated heterocycles. The van der Waals surface area contributed by atoms with Gasteiger partial charge in [0.2, 0.25) is 5.13 Å². The number of anilines is 1. The van der Waals surface area contributed by atoms with Gasteiger partial charge in [0.1, 0.15) is 5.51 Å². The number of aromatic nitrogens is 2. The van der Waals surface area contributed by atoms with Gasteiger partial charge in [-0.2, -0.15) is 0 Å². The third-order valence-electron chi connectivity index (χ3n) is 2.62. The van der Waals surface area contributed by atoms with E-state index in [9.17, 15) is 0 Å². The Labute approximate surface area is 93.3 Å². The fraction of sp³-hybridized carbons (Fsp3) is 0.778. The number of hydrogen-bond acceptors (Lipinski definition) is 6. The SMILES string of the molecule is OCCN1CCCN(c2nncs2)CC1. The van der Waals surface area contributed by atoms with E-state index in [-0.39, 0.29) is 6.61 Å². The van der Waals surface area contributed by atoms with E-state index >= 15 is 0 Å². The molecule has 2 rings (SSSR count). The van der Waals surface area contributed by atoms with Crippen molar-refractivity contribution in [2.75, 3.05) is 44.2 Å². The molecule has 1 aromatic rings. The van der Waals surface area contributed by atoms with Crippen molar-refractivity contribution in [1.29, 1.82) is 0 Å². The highest BCUT2D eigenvalue weighted by molar-refractivity contribution is 7.13. The van der Waals surface area contributed by atoms with Crippen LogP contribution in [0.2, 0.25) is 0 Å². The third-order valence-corrected chi connectivity index (χ3v) is 3.37. The minimum Gasteiger partial charge on any atom is -0.395 e. The van der Waals surface area contributed by atoms with Crippen molar-refractivity contribution in [3.63, 3.8) is 0 Å². The van der Waals surface area contributed by atoms with Crippen LogP contribution in [0.5, 0.6) is 0 Å². The second kappa shape index (κ2) is 5.39. The first kappa shape index (κ1) is 10.8. The topological polar surface area (TPSA) is 52.5 Å². The summed E-state index contributed by atoms with van der Waals surface area (Å²) in [6.07, 6.45) is 1.12. The van der Waals surface area contributed by atoms with Gasteiger partial charge in [-0.3, -0.25) is 4.90 Å². The number of rotatable bonds is 3. The highest BCUT2D eigenvalue weighted by Gasteiger charge is 2.16. The number of aliphatic hydroxyl groups is 1. The minimum atomic E-state index is 0.249. The average molecular weight is 228 g/mol. The molecule has 0 spiro atoms. The summed E-state index contributed by atoms with van der Waals surface area (Å²) in [5, 5.41) is 17.8. The third kappa shape index (κ3) is 2.87. The molecule has 1 N–H and O–H groups in total. The maximum Gasteiger partial charge on any atom is 0.208 e. The van der Waals surface area contributed by atoms with Crippen molar-refractivity contribution >= 4 is 16.5 Å². The van der Waals surface area contributed by atoms with Crippen LogP contribution >= 0.6 is 11.3 Å². The van der Waals surface area contributed by atoms with Gasteiger partial charge in [0.05, 0.1) is 6.61 Å². The summed E-state index contributed by atoms with van der Waals surface area (Å²) in [7, 11) is 0. The zero-order chi connectivity index (χ0) is 10.5. The zero-order valence-electron chi connectivity index (χ0n) is 8.67. The Balaban J connectivity index is 1.90. The molecule has 6 heteroatoms. The van der Waals surface area contributed by atoms with Crippen LogP contribution in [0.3, 0.4) is 0 Å². The van der Waals surface area contributed by atoms with Gasteiger partial charge in [-0.25, -0.2) is 0 Å². The quantitative estimate of drug-likeness (QED) is 0.792. The molecule has 0 unspecified atom stereocenters. The van der Waals surface area contributed by atoms with Gasteiger partial charge in [-0.15, -0.1) is 10.2 Å². The Bertz CT molecular complexity index is 280. The van der Waals surface area contributed by atoms with Crippen molar-refractivity contribution in [2.24, 2.45) is 0 Å². The smallest absolute Gasteiger partial charge is 0.208 e. The Morgan fingerprint density at radius 2 is 2.27 bits per heavy atom. The molecule has 2 heterocycles. The summed E-state index contributed by atoms with van der Waals surface area (Å²) in [6, 6.07) is 0. The molecular formula is C9H16N4OS. The van der Waals surface area contributed by atoms with E-state index < -0.39 is 0 Å². The average Bonchev–Trinajstić information content (AvgIpc) is 2.67. The lowest BCUT2D eigenvalue weighted by Crippen LogP contribution is -2.32. The van der Waals surface area contributed by atoms with E-state index in [2.05, 4.69) is 20.0 Å². The van der Waals surface area contributed by atoms with Crippen molar-refractivity contribution in [3.05, 3.63) is 5.51 Å². The van der Waals surface area contributed by atoms with Crippen LogP contribution in [0, 0.1) is 0 Å². The lowest BCUT2D eigenvalue weighted by molar-refractivity contribution is 0.204. The Morgan fingerprint density at radius 1 is 1.33 bits per heavy atom. The maximum absolute atomic E-state index is 8.88. The lowest BCUT2D eigenvalue weighted by atomic mass is 10.4. The van der Waals surface area contributed by atoms with Gasteiger partial charge in [-0.1, -0.05) is 11.3 Å². The zero-order valence-corrected chi connectivity index (χ0v) is 9.49. The molecule has 0 aromatic carbocycles.